The van der Waals surface area contributed by atoms with Crippen LogP contribution in [-0.4, -0.2) is 47.3 Å². The van der Waals surface area contributed by atoms with Crippen LogP contribution in [0.15, 0.2) is 76.6 Å². The van der Waals surface area contributed by atoms with Crippen molar-refractivity contribution < 1.29 is 33.3 Å². The second-order valence-corrected chi connectivity index (χ2v) is 11.8. The molecule has 1 aliphatic heterocycles. The number of benzene rings is 3. The average molecular weight is 636 g/mol. The molecule has 2 heterocycles. The molecule has 1 N–H and O–H groups in total. The van der Waals surface area contributed by atoms with Crippen LogP contribution >= 0.6 is 23.1 Å². The van der Waals surface area contributed by atoms with E-state index in [4.69, 9.17) is 14.2 Å². The van der Waals surface area contributed by atoms with Gasteiger partial charge in [0.25, 0.3) is 5.78 Å². The Kier molecular flexibility index (Phi) is 9.81. The highest BCUT2D eigenvalue weighted by molar-refractivity contribution is 8.00. The van der Waals surface area contributed by atoms with Gasteiger partial charge >= 0.3 is 5.91 Å². The van der Waals surface area contributed by atoms with E-state index >= 15 is 0 Å². The van der Waals surface area contributed by atoms with Gasteiger partial charge in [-0.25, -0.2) is 4.39 Å². The first-order valence-electron chi connectivity index (χ1n) is 13.9. The van der Waals surface area contributed by atoms with Crippen molar-refractivity contribution in [2.24, 2.45) is 0 Å². The number of carbonyl (C=O) groups is 2. The van der Waals surface area contributed by atoms with Gasteiger partial charge in [-0.15, -0.1) is 10.2 Å². The van der Waals surface area contributed by atoms with Gasteiger partial charge in [-0.1, -0.05) is 48.2 Å². The molecule has 0 aliphatic carbocycles. The Bertz CT molecular complexity index is 1670. The van der Waals surface area contributed by atoms with Crippen LogP contribution in [-0.2, 0) is 15.3 Å². The Morgan fingerprint density at radius 3 is 2.43 bits per heavy atom. The maximum absolute atomic E-state index is 13.6. The molecule has 0 spiro atoms. The van der Waals surface area contributed by atoms with Gasteiger partial charge in [-0.3, -0.25) is 14.5 Å². The predicted octanol–water partition coefficient (Wildman–Crippen LogP) is 6.79. The van der Waals surface area contributed by atoms with Gasteiger partial charge in [0.15, 0.2) is 15.8 Å². The molecule has 0 radical (unpaired) electrons. The first-order chi connectivity index (χ1) is 21.3. The van der Waals surface area contributed by atoms with Crippen molar-refractivity contribution in [3.8, 4) is 17.2 Å². The third kappa shape index (κ3) is 6.56. The highest BCUT2D eigenvalue weighted by Crippen LogP contribution is 2.45. The van der Waals surface area contributed by atoms with E-state index in [1.165, 1.54) is 35.9 Å². The zero-order valence-electron chi connectivity index (χ0n) is 24.3. The molecule has 3 aromatic carbocycles. The van der Waals surface area contributed by atoms with Crippen LogP contribution in [0.4, 0.5) is 9.52 Å². The molecule has 0 saturated carbocycles. The summed E-state index contributed by atoms with van der Waals surface area (Å²) < 4.78 is 30.8. The molecule has 9 nitrogen and oxygen atoms in total. The number of Topliss-reactive ketones (excluding diaryl/α,β-unsaturated/α-hetero) is 1. The van der Waals surface area contributed by atoms with Crippen molar-refractivity contribution in [2.45, 2.75) is 36.4 Å². The van der Waals surface area contributed by atoms with E-state index < -0.39 is 17.7 Å². The van der Waals surface area contributed by atoms with E-state index in [9.17, 15) is 19.1 Å². The number of ketones is 1. The number of aliphatic hydroxyl groups excluding tert-OH is 1. The summed E-state index contributed by atoms with van der Waals surface area (Å²) in [5.74, 6) is -0.309. The van der Waals surface area contributed by atoms with Crippen molar-refractivity contribution in [3.63, 3.8) is 0 Å². The zero-order chi connectivity index (χ0) is 31.2. The van der Waals surface area contributed by atoms with Crippen LogP contribution in [0.5, 0.6) is 17.2 Å². The highest BCUT2D eigenvalue weighted by Gasteiger charge is 2.48. The second-order valence-electron chi connectivity index (χ2n) is 9.65. The molecule has 0 bridgehead atoms. The topological polar surface area (TPSA) is 111 Å². The molecule has 1 saturated heterocycles. The molecule has 5 rings (SSSR count). The third-order valence-corrected chi connectivity index (χ3v) is 8.86. The molecular weight excluding hydrogens is 605 g/mol. The molecule has 1 unspecified atom stereocenters. The van der Waals surface area contributed by atoms with Crippen molar-refractivity contribution in [1.82, 2.24) is 10.2 Å². The number of carbonyl (C=O) groups excluding carboxylic acids is 2. The van der Waals surface area contributed by atoms with E-state index in [-0.39, 0.29) is 22.3 Å². The third-order valence-electron chi connectivity index (χ3n) is 6.73. The summed E-state index contributed by atoms with van der Waals surface area (Å²) in [7, 11) is 1.53. The molecule has 1 atom stereocenters. The number of thioether (sulfide) groups is 1. The monoisotopic (exact) mass is 635 g/mol. The van der Waals surface area contributed by atoms with Crippen LogP contribution < -0.4 is 19.1 Å². The SMILES string of the molecule is CCCOc1ccc(C2C(=C(O)c3ccc(OC)cc3)C(=O)C(=O)N2c2nnc(SCc3ccc(F)cc3)s2)cc1OCC. The number of aliphatic hydroxyl groups is 1. The summed E-state index contributed by atoms with van der Waals surface area (Å²) in [5, 5.41) is 20.2. The van der Waals surface area contributed by atoms with Gasteiger partial charge < -0.3 is 19.3 Å². The normalized spacial score (nSPS) is 15.9. The molecule has 1 aliphatic rings. The lowest BCUT2D eigenvalue weighted by molar-refractivity contribution is -0.132. The molecule has 1 fully saturated rings. The molecule has 1 aromatic heterocycles. The molecule has 44 heavy (non-hydrogen) atoms. The van der Waals surface area contributed by atoms with Crippen LogP contribution in [0.1, 0.15) is 43.0 Å². The summed E-state index contributed by atoms with van der Waals surface area (Å²) in [4.78, 5) is 28.5. The minimum Gasteiger partial charge on any atom is -0.507 e. The Labute approximate surface area is 262 Å². The summed E-state index contributed by atoms with van der Waals surface area (Å²) in [6.45, 7) is 4.69. The van der Waals surface area contributed by atoms with Crippen LogP contribution in [0.3, 0.4) is 0 Å². The molecular formula is C32H30FN3O6S2. The van der Waals surface area contributed by atoms with Crippen LogP contribution in [0.2, 0.25) is 0 Å². The number of aromatic nitrogens is 2. The summed E-state index contributed by atoms with van der Waals surface area (Å²) >= 11 is 2.52. The van der Waals surface area contributed by atoms with Gasteiger partial charge in [0, 0.05) is 11.3 Å². The van der Waals surface area contributed by atoms with E-state index in [0.717, 1.165) is 23.3 Å². The quantitative estimate of drug-likeness (QED) is 0.0591. The fourth-order valence-electron chi connectivity index (χ4n) is 4.63. The van der Waals surface area contributed by atoms with Crippen LogP contribution in [0, 0.1) is 5.82 Å². The maximum Gasteiger partial charge on any atom is 0.301 e. The maximum atomic E-state index is 13.6. The predicted molar refractivity (Wildman–Crippen MR) is 167 cm³/mol. The summed E-state index contributed by atoms with van der Waals surface area (Å²) in [6, 6.07) is 16.8. The lowest BCUT2D eigenvalue weighted by atomic mass is 9.95. The minimum atomic E-state index is -1.03. The van der Waals surface area contributed by atoms with Gasteiger partial charge in [0.2, 0.25) is 5.13 Å². The van der Waals surface area contributed by atoms with Crippen molar-refractivity contribution in [1.29, 1.82) is 0 Å². The Morgan fingerprint density at radius 2 is 1.75 bits per heavy atom. The highest BCUT2D eigenvalue weighted by atomic mass is 32.2. The molecule has 12 heteroatoms. The number of halogens is 1. The minimum absolute atomic E-state index is 0.0967. The van der Waals surface area contributed by atoms with Gasteiger partial charge in [-0.2, -0.15) is 0 Å². The number of amides is 1. The van der Waals surface area contributed by atoms with Gasteiger partial charge in [-0.05, 0) is 73.0 Å². The molecule has 228 valence electrons. The average Bonchev–Trinajstić information content (AvgIpc) is 3.61. The number of ether oxygens (including phenoxy) is 3. The fraction of sp³-hybridized carbons (Fsp3) is 0.250. The van der Waals surface area contributed by atoms with E-state index in [1.54, 1.807) is 54.6 Å². The van der Waals surface area contributed by atoms with E-state index in [2.05, 4.69) is 10.2 Å². The fourth-order valence-corrected chi connectivity index (χ4v) is 6.45. The second kappa shape index (κ2) is 13.9. The van der Waals surface area contributed by atoms with E-state index in [1.807, 2.05) is 13.8 Å². The molecule has 1 amide bonds. The van der Waals surface area contributed by atoms with Crippen LogP contribution in [0.25, 0.3) is 5.76 Å². The number of hydrogen-bond donors (Lipinski definition) is 1. The first-order valence-corrected chi connectivity index (χ1v) is 15.7. The standard InChI is InChI=1S/C32H30FN3O6S2/c1-4-16-42-24-15-10-21(17-25(24)41-5-2)27-26(28(37)20-8-13-23(40-3)14-9-20)29(38)30(39)36(27)31-34-35-32(44-31)43-18-19-6-11-22(33)12-7-19/h6-15,17,27,37H,4-5,16,18H2,1-3H3. The van der Waals surface area contributed by atoms with Crippen molar-refractivity contribution in [2.75, 3.05) is 25.2 Å². The Morgan fingerprint density at radius 1 is 1.00 bits per heavy atom. The van der Waals surface area contributed by atoms with Crippen molar-refractivity contribution >= 4 is 45.7 Å². The molecule has 4 aromatic rings. The number of anilines is 1. The number of hydrogen-bond acceptors (Lipinski definition) is 10. The Hall–Kier alpha value is -4.42. The zero-order valence-corrected chi connectivity index (χ0v) is 25.9. The lowest BCUT2D eigenvalue weighted by Crippen LogP contribution is -2.29. The summed E-state index contributed by atoms with van der Waals surface area (Å²) in [6.07, 6.45) is 0.799. The van der Waals surface area contributed by atoms with Crippen molar-refractivity contribution in [3.05, 3.63) is 94.8 Å². The number of rotatable bonds is 12. The largest absolute Gasteiger partial charge is 0.507 e. The summed E-state index contributed by atoms with van der Waals surface area (Å²) in [5.41, 5.74) is 1.65. The van der Waals surface area contributed by atoms with Gasteiger partial charge in [0.1, 0.15) is 17.3 Å². The first kappa shape index (κ1) is 31.0. The number of nitrogens with zero attached hydrogens (tertiary/aromatic N) is 3. The smallest absolute Gasteiger partial charge is 0.301 e. The Balaban J connectivity index is 1.57. The number of methoxy groups -OCH3 is 1. The van der Waals surface area contributed by atoms with Gasteiger partial charge in [0.05, 0.1) is 31.9 Å². The lowest BCUT2D eigenvalue weighted by Gasteiger charge is -2.23. The van der Waals surface area contributed by atoms with E-state index in [0.29, 0.717) is 51.7 Å².